The molecule has 0 bridgehead atoms. The fourth-order valence-electron chi connectivity index (χ4n) is 3.84. The van der Waals surface area contributed by atoms with Crippen LogP contribution in [0.25, 0.3) is 0 Å². The Kier molecular flexibility index (Phi) is 8.29. The van der Waals surface area contributed by atoms with Gasteiger partial charge in [-0.05, 0) is 49.2 Å². The highest BCUT2D eigenvalue weighted by Crippen LogP contribution is 2.31. The summed E-state index contributed by atoms with van der Waals surface area (Å²) in [7, 11) is 0. The van der Waals surface area contributed by atoms with Crippen LogP contribution in [0.3, 0.4) is 0 Å². The molecule has 1 aliphatic rings. The molecule has 0 atom stereocenters. The molecule has 5 heteroatoms. The molecular weight excluding hydrogens is 374 g/mol. The maximum Gasteiger partial charge on any atom is 0.255 e. The number of carbonyl (C=O) groups is 1. The van der Waals surface area contributed by atoms with Crippen molar-refractivity contribution in [3.05, 3.63) is 59.7 Å². The number of hydrogen-bond donors (Lipinski definition) is 1. The Bertz CT molecular complexity index is 814. The van der Waals surface area contributed by atoms with E-state index >= 15 is 0 Å². The first kappa shape index (κ1) is 22.3. The molecule has 0 aliphatic carbocycles. The molecule has 0 saturated carbocycles. The maximum absolute atomic E-state index is 12.8. The zero-order chi connectivity index (χ0) is 21.3. The molecule has 0 radical (unpaired) electrons. The summed E-state index contributed by atoms with van der Waals surface area (Å²) >= 11 is 0. The van der Waals surface area contributed by atoms with Crippen LogP contribution in [0.15, 0.2) is 48.5 Å². The van der Waals surface area contributed by atoms with E-state index in [4.69, 9.17) is 4.74 Å². The van der Waals surface area contributed by atoms with Crippen molar-refractivity contribution in [2.75, 3.05) is 45.8 Å². The first-order valence-electron chi connectivity index (χ1n) is 11.2. The Hall–Kier alpha value is -2.37. The van der Waals surface area contributed by atoms with E-state index < -0.39 is 0 Å². The molecular formula is C25H35N3O2. The number of benzene rings is 2. The Labute approximate surface area is 181 Å². The van der Waals surface area contributed by atoms with Gasteiger partial charge < -0.3 is 19.9 Å². The summed E-state index contributed by atoms with van der Waals surface area (Å²) in [6.07, 6.45) is 0.955. The Morgan fingerprint density at radius 1 is 0.967 bits per heavy atom. The highest BCUT2D eigenvalue weighted by Gasteiger charge is 2.16. The first-order chi connectivity index (χ1) is 14.6. The van der Waals surface area contributed by atoms with Crippen LogP contribution in [0.5, 0.6) is 11.5 Å². The van der Waals surface area contributed by atoms with E-state index in [1.807, 2.05) is 42.5 Å². The fourth-order valence-corrected chi connectivity index (χ4v) is 3.84. The Balaban J connectivity index is 1.53. The first-order valence-corrected chi connectivity index (χ1v) is 11.2. The summed E-state index contributed by atoms with van der Waals surface area (Å²) in [6, 6.07) is 15.5. The molecule has 3 rings (SSSR count). The third-order valence-corrected chi connectivity index (χ3v) is 5.74. The van der Waals surface area contributed by atoms with Crippen molar-refractivity contribution >= 4 is 5.91 Å². The summed E-state index contributed by atoms with van der Waals surface area (Å²) in [4.78, 5) is 17.8. The van der Waals surface area contributed by atoms with Gasteiger partial charge in [0.2, 0.25) is 0 Å². The number of nitrogens with zero attached hydrogens (tertiary/aromatic N) is 2. The molecule has 0 aromatic heterocycles. The summed E-state index contributed by atoms with van der Waals surface area (Å²) < 4.78 is 6.17. The average Bonchev–Trinajstić information content (AvgIpc) is 2.77. The van der Waals surface area contributed by atoms with Crippen LogP contribution in [0.2, 0.25) is 0 Å². The molecule has 0 spiro atoms. The highest BCUT2D eigenvalue weighted by atomic mass is 16.5. The number of hydrogen-bond acceptors (Lipinski definition) is 4. The van der Waals surface area contributed by atoms with E-state index in [1.165, 1.54) is 0 Å². The number of nitrogens with one attached hydrogen (secondary N) is 1. The van der Waals surface area contributed by atoms with Crippen molar-refractivity contribution in [2.45, 2.75) is 33.1 Å². The topological polar surface area (TPSA) is 44.8 Å². The SMILES string of the molecule is CCN1CCN(CCCNC(=O)c2ccccc2Oc2ccccc2C(C)C)CC1. The number of para-hydroxylation sites is 2. The molecule has 30 heavy (non-hydrogen) atoms. The van der Waals surface area contributed by atoms with Gasteiger partial charge in [-0.25, -0.2) is 0 Å². The summed E-state index contributed by atoms with van der Waals surface area (Å²) in [5.74, 6) is 1.67. The second kappa shape index (κ2) is 11.1. The zero-order valence-electron chi connectivity index (χ0n) is 18.6. The standard InChI is InChI=1S/C25H35N3O2/c1-4-27-16-18-28(19-17-27)15-9-14-26-25(29)22-11-6-8-13-24(22)30-23-12-7-5-10-21(23)20(2)3/h5-8,10-13,20H,4,9,14-19H2,1-3H3,(H,26,29). The van der Waals surface area contributed by atoms with Crippen LogP contribution in [0.1, 0.15) is 49.0 Å². The van der Waals surface area contributed by atoms with Gasteiger partial charge in [-0.1, -0.05) is 51.1 Å². The third-order valence-electron chi connectivity index (χ3n) is 5.74. The lowest BCUT2D eigenvalue weighted by Gasteiger charge is -2.33. The van der Waals surface area contributed by atoms with Gasteiger partial charge in [-0.2, -0.15) is 0 Å². The van der Waals surface area contributed by atoms with Crippen molar-refractivity contribution < 1.29 is 9.53 Å². The number of carbonyl (C=O) groups excluding carboxylic acids is 1. The molecule has 0 unspecified atom stereocenters. The van der Waals surface area contributed by atoms with Crippen LogP contribution in [-0.4, -0.2) is 61.5 Å². The number of likely N-dealkylation sites (N-methyl/N-ethyl adjacent to an activating group) is 1. The smallest absolute Gasteiger partial charge is 0.255 e. The zero-order valence-corrected chi connectivity index (χ0v) is 18.6. The average molecular weight is 410 g/mol. The lowest BCUT2D eigenvalue weighted by atomic mass is 10.0. The number of amides is 1. The molecule has 5 nitrogen and oxygen atoms in total. The summed E-state index contributed by atoms with van der Waals surface area (Å²) in [5, 5.41) is 3.07. The Morgan fingerprint density at radius 3 is 2.30 bits per heavy atom. The van der Waals surface area contributed by atoms with Crippen LogP contribution in [0, 0.1) is 0 Å². The van der Waals surface area contributed by atoms with Crippen molar-refractivity contribution in [2.24, 2.45) is 0 Å². The molecule has 2 aromatic carbocycles. The normalized spacial score (nSPS) is 15.3. The van der Waals surface area contributed by atoms with Crippen molar-refractivity contribution in [3.8, 4) is 11.5 Å². The lowest BCUT2D eigenvalue weighted by Crippen LogP contribution is -2.46. The quantitative estimate of drug-likeness (QED) is 0.625. The van der Waals surface area contributed by atoms with E-state index in [-0.39, 0.29) is 5.91 Å². The van der Waals surface area contributed by atoms with E-state index in [0.717, 1.165) is 57.0 Å². The van der Waals surface area contributed by atoms with Gasteiger partial charge in [0.1, 0.15) is 11.5 Å². The molecule has 162 valence electrons. The molecule has 2 aromatic rings. The lowest BCUT2D eigenvalue weighted by molar-refractivity contribution is 0.0946. The minimum Gasteiger partial charge on any atom is -0.456 e. The Morgan fingerprint density at radius 2 is 1.60 bits per heavy atom. The fraction of sp³-hybridized carbons (Fsp3) is 0.480. The monoisotopic (exact) mass is 409 g/mol. The van der Waals surface area contributed by atoms with Crippen LogP contribution in [0.4, 0.5) is 0 Å². The van der Waals surface area contributed by atoms with E-state index in [9.17, 15) is 4.79 Å². The van der Waals surface area contributed by atoms with E-state index in [2.05, 4.69) is 42.0 Å². The third kappa shape index (κ3) is 6.07. The summed E-state index contributed by atoms with van der Waals surface area (Å²) in [6.45, 7) is 13.9. The van der Waals surface area contributed by atoms with Gasteiger partial charge in [0.25, 0.3) is 5.91 Å². The van der Waals surface area contributed by atoms with Crippen molar-refractivity contribution in [3.63, 3.8) is 0 Å². The maximum atomic E-state index is 12.8. The molecule has 1 amide bonds. The molecule has 1 aliphatic heterocycles. The predicted molar refractivity (Wildman–Crippen MR) is 123 cm³/mol. The molecule has 1 fully saturated rings. The van der Waals surface area contributed by atoms with Gasteiger partial charge in [-0.15, -0.1) is 0 Å². The van der Waals surface area contributed by atoms with Crippen LogP contribution >= 0.6 is 0 Å². The minimum absolute atomic E-state index is 0.0802. The van der Waals surface area contributed by atoms with Gasteiger partial charge >= 0.3 is 0 Å². The molecule has 1 N–H and O–H groups in total. The largest absolute Gasteiger partial charge is 0.456 e. The van der Waals surface area contributed by atoms with Gasteiger partial charge in [0.05, 0.1) is 5.56 Å². The number of piperazine rings is 1. The van der Waals surface area contributed by atoms with Gasteiger partial charge in [0, 0.05) is 32.7 Å². The van der Waals surface area contributed by atoms with Crippen molar-refractivity contribution in [1.29, 1.82) is 0 Å². The highest BCUT2D eigenvalue weighted by molar-refractivity contribution is 5.97. The number of rotatable bonds is 9. The second-order valence-corrected chi connectivity index (χ2v) is 8.18. The van der Waals surface area contributed by atoms with Crippen molar-refractivity contribution in [1.82, 2.24) is 15.1 Å². The van der Waals surface area contributed by atoms with Gasteiger partial charge in [0.15, 0.2) is 0 Å². The van der Waals surface area contributed by atoms with E-state index in [1.54, 1.807) is 0 Å². The van der Waals surface area contributed by atoms with Crippen LogP contribution < -0.4 is 10.1 Å². The summed E-state index contributed by atoms with van der Waals surface area (Å²) in [5.41, 5.74) is 1.71. The van der Waals surface area contributed by atoms with Crippen LogP contribution in [-0.2, 0) is 0 Å². The molecule has 1 heterocycles. The van der Waals surface area contributed by atoms with Gasteiger partial charge in [-0.3, -0.25) is 4.79 Å². The number of ether oxygens (including phenoxy) is 1. The molecule has 1 saturated heterocycles. The minimum atomic E-state index is -0.0802. The second-order valence-electron chi connectivity index (χ2n) is 8.18. The predicted octanol–water partition coefficient (Wildman–Crippen LogP) is 4.36. The van der Waals surface area contributed by atoms with E-state index in [0.29, 0.717) is 23.8 Å².